The Morgan fingerprint density at radius 1 is 1.50 bits per heavy atom. The van der Waals surface area contributed by atoms with Crippen LogP contribution in [0.3, 0.4) is 0 Å². The third-order valence-electron chi connectivity index (χ3n) is 1.19. The van der Waals surface area contributed by atoms with Gasteiger partial charge in [-0.1, -0.05) is 45.2 Å². The molecule has 0 saturated carbocycles. The molecule has 60 valence electrons. The summed E-state index contributed by atoms with van der Waals surface area (Å²) in [5.41, 5.74) is 0. The van der Waals surface area contributed by atoms with Gasteiger partial charge >= 0.3 is 0 Å². The maximum atomic E-state index is 11.0. The first-order valence-electron chi connectivity index (χ1n) is 3.46. The number of carbonyl (C=O) groups excluding carboxylic acids is 1. The van der Waals surface area contributed by atoms with Crippen molar-refractivity contribution >= 4 is 37.6 Å². The molecule has 0 rings (SSSR count). The number of halogens is 2. The predicted octanol–water partition coefficient (Wildman–Crippen LogP) is 3.25. The Hall–Kier alpha value is 0.630. The van der Waals surface area contributed by atoms with Crippen LogP contribution < -0.4 is 0 Å². The molecule has 0 heterocycles. The molecule has 0 saturated heterocycles. The summed E-state index contributed by atoms with van der Waals surface area (Å²) in [6.07, 6.45) is 3.44. The number of hydrogen-bond donors (Lipinski definition) is 0. The number of unbranched alkanes of at least 4 members (excludes halogenated alkanes) is 1. The molecule has 0 radical (unpaired) electrons. The molecule has 0 aromatic heterocycles. The van der Waals surface area contributed by atoms with Crippen LogP contribution in [0.4, 0.5) is 0 Å². The van der Waals surface area contributed by atoms with Crippen LogP contribution in [0.1, 0.15) is 32.6 Å². The van der Waals surface area contributed by atoms with Gasteiger partial charge in [0.15, 0.2) is 0 Å². The van der Waals surface area contributed by atoms with Gasteiger partial charge in [-0.25, -0.2) is 0 Å². The van der Waals surface area contributed by atoms with Crippen molar-refractivity contribution in [1.29, 1.82) is 0 Å². The molecule has 0 aliphatic carbocycles. The second kappa shape index (κ2) is 6.35. The molecule has 1 nitrogen and oxygen atoms in total. The molecule has 3 heteroatoms. The van der Waals surface area contributed by atoms with Crippen LogP contribution >= 0.6 is 31.9 Å². The number of ketones is 1. The predicted molar refractivity (Wildman–Crippen MR) is 50.8 cm³/mol. The van der Waals surface area contributed by atoms with Gasteiger partial charge in [-0.15, -0.1) is 0 Å². The monoisotopic (exact) mass is 270 g/mol. The zero-order valence-corrected chi connectivity index (χ0v) is 9.24. The molecular formula is C7H12Br2O. The minimum Gasteiger partial charge on any atom is -0.300 e. The van der Waals surface area contributed by atoms with E-state index in [-0.39, 0.29) is 3.74 Å². The zero-order valence-electron chi connectivity index (χ0n) is 6.07. The van der Waals surface area contributed by atoms with Crippen molar-refractivity contribution in [3.63, 3.8) is 0 Å². The van der Waals surface area contributed by atoms with Crippen molar-refractivity contribution in [2.75, 3.05) is 0 Å². The highest BCUT2D eigenvalue weighted by molar-refractivity contribution is 9.24. The first-order chi connectivity index (χ1) is 4.66. The fourth-order valence-electron chi connectivity index (χ4n) is 0.648. The number of carbonyl (C=O) groups is 1. The average Bonchev–Trinajstić information content (AvgIpc) is 1.82. The molecule has 0 aliphatic heterocycles. The summed E-state index contributed by atoms with van der Waals surface area (Å²) in [5, 5.41) is 0. The molecule has 0 bridgehead atoms. The minimum atomic E-state index is 0.157. The van der Waals surface area contributed by atoms with E-state index in [0.29, 0.717) is 12.2 Å². The second-order valence-corrected chi connectivity index (χ2v) is 5.68. The summed E-state index contributed by atoms with van der Waals surface area (Å²) in [4.78, 5) is 11.0. The number of hydrogen-bond acceptors (Lipinski definition) is 1. The van der Waals surface area contributed by atoms with Gasteiger partial charge in [0.2, 0.25) is 0 Å². The van der Waals surface area contributed by atoms with E-state index in [1.165, 1.54) is 0 Å². The molecule has 0 amide bonds. The van der Waals surface area contributed by atoms with Gasteiger partial charge in [-0.2, -0.15) is 0 Å². The van der Waals surface area contributed by atoms with Gasteiger partial charge in [0.1, 0.15) is 5.78 Å². The van der Waals surface area contributed by atoms with E-state index in [0.717, 1.165) is 19.3 Å². The largest absolute Gasteiger partial charge is 0.300 e. The summed E-state index contributed by atoms with van der Waals surface area (Å²) in [7, 11) is 0. The van der Waals surface area contributed by atoms with E-state index in [4.69, 9.17) is 0 Å². The smallest absolute Gasteiger partial charge is 0.134 e. The SMILES string of the molecule is CCCCC(=O)CC(Br)Br. The molecule has 0 unspecified atom stereocenters. The van der Waals surface area contributed by atoms with Crippen molar-refractivity contribution in [2.45, 2.75) is 36.3 Å². The van der Waals surface area contributed by atoms with Crippen LogP contribution in [0.2, 0.25) is 0 Å². The Kier molecular flexibility index (Phi) is 6.75. The maximum Gasteiger partial charge on any atom is 0.134 e. The van der Waals surface area contributed by atoms with Crippen LogP contribution in [0.15, 0.2) is 0 Å². The Bertz CT molecular complexity index is 102. The summed E-state index contributed by atoms with van der Waals surface area (Å²) in [5.74, 6) is 0.334. The van der Waals surface area contributed by atoms with Gasteiger partial charge in [0, 0.05) is 12.8 Å². The highest BCUT2D eigenvalue weighted by Gasteiger charge is 2.05. The quantitative estimate of drug-likeness (QED) is 0.702. The molecule has 0 fully saturated rings. The highest BCUT2D eigenvalue weighted by atomic mass is 79.9. The number of alkyl halides is 2. The van der Waals surface area contributed by atoms with Gasteiger partial charge in [-0.05, 0) is 6.42 Å². The molecule has 0 aromatic rings. The molecule has 0 atom stereocenters. The molecule has 0 N–H and O–H groups in total. The molecular weight excluding hydrogens is 260 g/mol. The molecule has 0 spiro atoms. The van der Waals surface area contributed by atoms with Gasteiger partial charge in [0.25, 0.3) is 0 Å². The lowest BCUT2D eigenvalue weighted by atomic mass is 10.1. The summed E-state index contributed by atoms with van der Waals surface area (Å²) in [6.45, 7) is 2.09. The van der Waals surface area contributed by atoms with Gasteiger partial charge in [-0.3, -0.25) is 4.79 Å². The van der Waals surface area contributed by atoms with Crippen LogP contribution in [-0.2, 0) is 4.79 Å². The summed E-state index contributed by atoms with van der Waals surface area (Å²) < 4.78 is 0.157. The van der Waals surface area contributed by atoms with E-state index in [2.05, 4.69) is 38.8 Å². The Morgan fingerprint density at radius 2 is 2.10 bits per heavy atom. The van der Waals surface area contributed by atoms with Crippen molar-refractivity contribution in [2.24, 2.45) is 0 Å². The lowest BCUT2D eigenvalue weighted by Gasteiger charge is -1.98. The van der Waals surface area contributed by atoms with Gasteiger partial charge in [0.05, 0.1) is 3.74 Å². The fraction of sp³-hybridized carbons (Fsp3) is 0.857. The van der Waals surface area contributed by atoms with Crippen molar-refractivity contribution in [3.8, 4) is 0 Å². The normalized spacial score (nSPS) is 10.4. The summed E-state index contributed by atoms with van der Waals surface area (Å²) in [6, 6.07) is 0. The molecule has 0 aliphatic rings. The first-order valence-corrected chi connectivity index (χ1v) is 5.29. The zero-order chi connectivity index (χ0) is 7.98. The van der Waals surface area contributed by atoms with Crippen molar-refractivity contribution < 1.29 is 4.79 Å². The number of rotatable bonds is 5. The van der Waals surface area contributed by atoms with E-state index < -0.39 is 0 Å². The van der Waals surface area contributed by atoms with E-state index in [1.54, 1.807) is 0 Å². The van der Waals surface area contributed by atoms with E-state index in [9.17, 15) is 4.79 Å². The topological polar surface area (TPSA) is 17.1 Å². The van der Waals surface area contributed by atoms with Crippen molar-refractivity contribution in [3.05, 3.63) is 0 Å². The Labute approximate surface area is 78.8 Å². The van der Waals surface area contributed by atoms with Gasteiger partial charge < -0.3 is 0 Å². The third-order valence-corrected chi connectivity index (χ3v) is 1.84. The maximum absolute atomic E-state index is 11.0. The van der Waals surface area contributed by atoms with Crippen LogP contribution in [0.25, 0.3) is 0 Å². The first kappa shape index (κ1) is 10.6. The molecule has 10 heavy (non-hydrogen) atoms. The van der Waals surface area contributed by atoms with E-state index >= 15 is 0 Å². The standard InChI is InChI=1S/C7H12Br2O/c1-2-3-4-6(10)5-7(8)9/h7H,2-5H2,1H3. The average molecular weight is 272 g/mol. The summed E-state index contributed by atoms with van der Waals surface area (Å²) >= 11 is 6.53. The van der Waals surface area contributed by atoms with Crippen LogP contribution in [0.5, 0.6) is 0 Å². The minimum absolute atomic E-state index is 0.157. The number of Topliss-reactive ketones (excluding diaryl/α,β-unsaturated/α-hetero) is 1. The third kappa shape index (κ3) is 6.75. The lowest BCUT2D eigenvalue weighted by molar-refractivity contribution is -0.118. The lowest BCUT2D eigenvalue weighted by Crippen LogP contribution is -2.01. The van der Waals surface area contributed by atoms with Crippen molar-refractivity contribution in [1.82, 2.24) is 0 Å². The van der Waals surface area contributed by atoms with Crippen LogP contribution in [0, 0.1) is 0 Å². The Balaban J connectivity index is 3.26. The van der Waals surface area contributed by atoms with E-state index in [1.807, 2.05) is 0 Å². The second-order valence-electron chi connectivity index (χ2n) is 2.24. The fourth-order valence-corrected chi connectivity index (χ4v) is 1.37. The highest BCUT2D eigenvalue weighted by Crippen LogP contribution is 2.14. The van der Waals surface area contributed by atoms with Crippen LogP contribution in [-0.4, -0.2) is 9.52 Å². The Morgan fingerprint density at radius 3 is 2.50 bits per heavy atom. The molecule has 0 aromatic carbocycles.